The summed E-state index contributed by atoms with van der Waals surface area (Å²) in [7, 11) is 0. The lowest BCUT2D eigenvalue weighted by Crippen LogP contribution is -2.33. The minimum atomic E-state index is -0.732. The van der Waals surface area contributed by atoms with Gasteiger partial charge in [0.1, 0.15) is 5.82 Å². The largest absolute Gasteiger partial charge is 0.356 e. The first-order valence-corrected chi connectivity index (χ1v) is 11.5. The number of hydrogen-bond acceptors (Lipinski definition) is 3. The Morgan fingerprint density at radius 2 is 2.00 bits per heavy atom. The standard InChI is InChI=1S/C26H25ClFN3O2/c1-14(2)10-11-30-12-16-22-19(8-5-9-21(22)30)29-20-13-31(15(3)32)26(33)25(20)23(16)24-17(27)6-4-7-18(24)28/h4-9,12,14,23,29H,10-11,13H2,1-3H3/t23-/m1/s1. The van der Waals surface area contributed by atoms with Gasteiger partial charge in [0.15, 0.2) is 0 Å². The zero-order valence-corrected chi connectivity index (χ0v) is 19.5. The van der Waals surface area contributed by atoms with Crippen LogP contribution in [-0.2, 0) is 16.1 Å². The number of benzene rings is 2. The summed E-state index contributed by atoms with van der Waals surface area (Å²) in [5.74, 6) is -1.45. The highest BCUT2D eigenvalue weighted by Crippen LogP contribution is 2.48. The minimum Gasteiger partial charge on any atom is -0.356 e. The van der Waals surface area contributed by atoms with Crippen LogP contribution >= 0.6 is 11.6 Å². The molecule has 0 saturated carbocycles. The third-order valence-corrected chi connectivity index (χ3v) is 6.88. The van der Waals surface area contributed by atoms with Crippen molar-refractivity contribution >= 4 is 40.0 Å². The highest BCUT2D eigenvalue weighted by Gasteiger charge is 2.43. The molecule has 0 radical (unpaired) electrons. The number of aryl methyl sites for hydroxylation is 1. The number of halogens is 2. The summed E-state index contributed by atoms with van der Waals surface area (Å²) >= 11 is 6.54. The van der Waals surface area contributed by atoms with Crippen LogP contribution in [0.5, 0.6) is 0 Å². The Morgan fingerprint density at radius 1 is 1.24 bits per heavy atom. The summed E-state index contributed by atoms with van der Waals surface area (Å²) in [5, 5.41) is 4.60. The Labute approximate surface area is 196 Å². The molecule has 1 atom stereocenters. The third-order valence-electron chi connectivity index (χ3n) is 6.55. The average molecular weight is 466 g/mol. The van der Waals surface area contributed by atoms with E-state index >= 15 is 4.39 Å². The Kier molecular flexibility index (Phi) is 5.28. The van der Waals surface area contributed by atoms with E-state index in [1.807, 2.05) is 24.4 Å². The second-order valence-electron chi connectivity index (χ2n) is 9.16. The molecule has 1 N–H and O–H groups in total. The fourth-order valence-corrected chi connectivity index (χ4v) is 5.22. The van der Waals surface area contributed by atoms with E-state index in [0.717, 1.165) is 35.1 Å². The van der Waals surface area contributed by atoms with Crippen LogP contribution in [0.25, 0.3) is 10.9 Å². The molecule has 1 aromatic heterocycles. The number of amides is 2. The molecule has 0 fully saturated rings. The molecule has 2 aliphatic heterocycles. The Balaban J connectivity index is 1.80. The van der Waals surface area contributed by atoms with Gasteiger partial charge in [-0.3, -0.25) is 14.5 Å². The van der Waals surface area contributed by atoms with E-state index in [4.69, 9.17) is 11.6 Å². The highest BCUT2D eigenvalue weighted by atomic mass is 35.5. The molecule has 7 heteroatoms. The number of aromatic nitrogens is 1. The fourth-order valence-electron chi connectivity index (χ4n) is 4.94. The van der Waals surface area contributed by atoms with E-state index in [-0.39, 0.29) is 23.0 Å². The van der Waals surface area contributed by atoms with Gasteiger partial charge in [0.2, 0.25) is 5.91 Å². The van der Waals surface area contributed by atoms with Crippen molar-refractivity contribution in [2.75, 3.05) is 11.9 Å². The van der Waals surface area contributed by atoms with Gasteiger partial charge in [-0.15, -0.1) is 0 Å². The van der Waals surface area contributed by atoms with E-state index in [1.165, 1.54) is 17.9 Å². The maximum absolute atomic E-state index is 15.3. The van der Waals surface area contributed by atoms with Crippen molar-refractivity contribution in [2.45, 2.75) is 39.7 Å². The first kappa shape index (κ1) is 21.7. The molecule has 5 rings (SSSR count). The van der Waals surface area contributed by atoms with Gasteiger partial charge in [-0.05, 0) is 42.2 Å². The normalized spacial score (nSPS) is 17.6. The smallest absolute Gasteiger partial charge is 0.259 e. The molecule has 3 heterocycles. The molecule has 2 aliphatic rings. The predicted molar refractivity (Wildman–Crippen MR) is 128 cm³/mol. The molecule has 0 unspecified atom stereocenters. The number of anilines is 1. The first-order chi connectivity index (χ1) is 15.8. The zero-order chi connectivity index (χ0) is 23.4. The summed E-state index contributed by atoms with van der Waals surface area (Å²) in [4.78, 5) is 26.9. The fraction of sp³-hybridized carbons (Fsp3) is 0.308. The molecule has 170 valence electrons. The zero-order valence-electron chi connectivity index (χ0n) is 18.8. The topological polar surface area (TPSA) is 54.3 Å². The number of carbonyl (C=O) groups excluding carboxylic acids is 2. The summed E-state index contributed by atoms with van der Waals surface area (Å²) in [6, 6.07) is 10.5. The van der Waals surface area contributed by atoms with Crippen LogP contribution in [0.15, 0.2) is 53.9 Å². The Morgan fingerprint density at radius 3 is 2.70 bits per heavy atom. The number of carbonyl (C=O) groups is 2. The third kappa shape index (κ3) is 3.44. The van der Waals surface area contributed by atoms with Crippen LogP contribution in [0, 0.1) is 11.7 Å². The molecule has 3 aromatic rings. The van der Waals surface area contributed by atoms with Crippen LogP contribution < -0.4 is 5.32 Å². The minimum absolute atomic E-state index is 0.125. The van der Waals surface area contributed by atoms with E-state index in [0.29, 0.717) is 17.2 Å². The lowest BCUT2D eigenvalue weighted by molar-refractivity contribution is -0.139. The molecule has 5 nitrogen and oxygen atoms in total. The van der Waals surface area contributed by atoms with Crippen LogP contribution in [-0.4, -0.2) is 27.8 Å². The monoisotopic (exact) mass is 465 g/mol. The van der Waals surface area contributed by atoms with E-state index in [9.17, 15) is 9.59 Å². The molecule has 0 bridgehead atoms. The van der Waals surface area contributed by atoms with Crippen molar-refractivity contribution in [1.82, 2.24) is 9.47 Å². The van der Waals surface area contributed by atoms with Crippen molar-refractivity contribution < 1.29 is 14.0 Å². The molecule has 0 spiro atoms. The van der Waals surface area contributed by atoms with Gasteiger partial charge in [0.25, 0.3) is 5.91 Å². The number of rotatable bonds is 4. The summed E-state index contributed by atoms with van der Waals surface area (Å²) in [6.07, 6.45) is 3.00. The van der Waals surface area contributed by atoms with Gasteiger partial charge in [-0.2, -0.15) is 0 Å². The molecule has 2 aromatic carbocycles. The van der Waals surface area contributed by atoms with E-state index in [2.05, 4.69) is 23.7 Å². The van der Waals surface area contributed by atoms with Gasteiger partial charge in [-0.25, -0.2) is 4.39 Å². The second kappa shape index (κ2) is 8.03. The quantitative estimate of drug-likeness (QED) is 0.539. The van der Waals surface area contributed by atoms with Gasteiger partial charge >= 0.3 is 0 Å². The molecule has 0 saturated heterocycles. The van der Waals surface area contributed by atoms with Gasteiger partial charge < -0.3 is 9.88 Å². The average Bonchev–Trinajstić information content (AvgIpc) is 3.24. The molecular formula is C26H25ClFN3O2. The Bertz CT molecular complexity index is 1320. The number of nitrogens with one attached hydrogen (secondary N) is 1. The van der Waals surface area contributed by atoms with E-state index < -0.39 is 17.6 Å². The first-order valence-electron chi connectivity index (χ1n) is 11.2. The predicted octanol–water partition coefficient (Wildman–Crippen LogP) is 5.68. The van der Waals surface area contributed by atoms with Crippen LogP contribution in [0.4, 0.5) is 10.1 Å². The second-order valence-corrected chi connectivity index (χ2v) is 9.56. The summed E-state index contributed by atoms with van der Waals surface area (Å²) < 4.78 is 17.5. The number of hydrogen-bond donors (Lipinski definition) is 1. The Hall–Kier alpha value is -3.12. The molecular weight excluding hydrogens is 441 g/mol. The summed E-state index contributed by atoms with van der Waals surface area (Å²) in [6.45, 7) is 6.64. The van der Waals surface area contributed by atoms with Gasteiger partial charge in [0.05, 0.1) is 17.6 Å². The highest BCUT2D eigenvalue weighted by molar-refractivity contribution is 6.31. The van der Waals surface area contributed by atoms with Crippen LogP contribution in [0.3, 0.4) is 0 Å². The number of nitrogens with zero attached hydrogens (tertiary/aromatic N) is 2. The van der Waals surface area contributed by atoms with E-state index in [1.54, 1.807) is 12.1 Å². The lowest BCUT2D eigenvalue weighted by atomic mass is 9.84. The lowest BCUT2D eigenvalue weighted by Gasteiger charge is -2.21. The molecule has 2 amide bonds. The molecule has 33 heavy (non-hydrogen) atoms. The van der Waals surface area contributed by atoms with Crippen LogP contribution in [0.1, 0.15) is 44.2 Å². The van der Waals surface area contributed by atoms with Crippen molar-refractivity contribution in [3.05, 3.63) is 75.8 Å². The summed E-state index contributed by atoms with van der Waals surface area (Å²) in [5.41, 5.74) is 3.91. The van der Waals surface area contributed by atoms with Gasteiger partial charge in [0, 0.05) is 52.9 Å². The maximum Gasteiger partial charge on any atom is 0.259 e. The van der Waals surface area contributed by atoms with Crippen molar-refractivity contribution in [1.29, 1.82) is 0 Å². The van der Waals surface area contributed by atoms with Gasteiger partial charge in [-0.1, -0.05) is 37.6 Å². The number of imide groups is 1. The van der Waals surface area contributed by atoms with Crippen molar-refractivity contribution in [3.8, 4) is 0 Å². The maximum atomic E-state index is 15.3. The van der Waals surface area contributed by atoms with Crippen LogP contribution in [0.2, 0.25) is 5.02 Å². The van der Waals surface area contributed by atoms with Crippen molar-refractivity contribution in [3.63, 3.8) is 0 Å². The molecule has 0 aliphatic carbocycles. The SMILES string of the molecule is CC(=O)N1CC2=C(C1=O)[C@@H](c1c(F)cccc1Cl)c1cn(CCC(C)C)c3cccc(c13)N2. The van der Waals surface area contributed by atoms with Crippen molar-refractivity contribution in [2.24, 2.45) is 5.92 Å².